The molecule has 0 fully saturated rings. The lowest BCUT2D eigenvalue weighted by molar-refractivity contribution is 0.277. The molecule has 0 aliphatic heterocycles. The number of methoxy groups -OCH3 is 1. The highest BCUT2D eigenvalue weighted by molar-refractivity contribution is 7.21. The summed E-state index contributed by atoms with van der Waals surface area (Å²) in [5, 5.41) is 10.9. The van der Waals surface area contributed by atoms with Gasteiger partial charge in [-0.1, -0.05) is 17.4 Å². The van der Waals surface area contributed by atoms with Crippen molar-refractivity contribution in [3.05, 3.63) is 23.8 Å². The van der Waals surface area contributed by atoms with Gasteiger partial charge in [-0.2, -0.15) is 0 Å². The average molecular weight is 209 g/mol. The number of nitrogens with two attached hydrogens (primary N) is 1. The summed E-state index contributed by atoms with van der Waals surface area (Å²) < 4.78 is 6.23. The van der Waals surface area contributed by atoms with E-state index in [0.717, 1.165) is 20.7 Å². The van der Waals surface area contributed by atoms with Gasteiger partial charge in [0.1, 0.15) is 0 Å². The fourth-order valence-electron chi connectivity index (χ4n) is 1.53. The Balaban J connectivity index is 2.81. The molecule has 0 spiro atoms. The Morgan fingerprint density at radius 1 is 1.50 bits per heavy atom. The van der Waals surface area contributed by atoms with Crippen LogP contribution in [-0.2, 0) is 6.61 Å². The first kappa shape index (κ1) is 9.30. The van der Waals surface area contributed by atoms with Crippen molar-refractivity contribution in [1.29, 1.82) is 0 Å². The third-order valence-corrected chi connectivity index (χ3v) is 3.31. The van der Waals surface area contributed by atoms with Crippen LogP contribution in [0.15, 0.2) is 18.2 Å². The minimum atomic E-state index is -0.0443. The van der Waals surface area contributed by atoms with Gasteiger partial charge in [0.15, 0.2) is 5.06 Å². The van der Waals surface area contributed by atoms with E-state index < -0.39 is 0 Å². The molecule has 0 atom stereocenters. The van der Waals surface area contributed by atoms with Crippen LogP contribution in [-0.4, -0.2) is 12.2 Å². The number of aliphatic hydroxyl groups excluding tert-OH is 1. The van der Waals surface area contributed by atoms with Crippen LogP contribution >= 0.6 is 11.3 Å². The largest absolute Gasteiger partial charge is 0.487 e. The third-order valence-electron chi connectivity index (χ3n) is 2.15. The van der Waals surface area contributed by atoms with Gasteiger partial charge < -0.3 is 15.6 Å². The molecule has 0 saturated carbocycles. The zero-order valence-electron chi connectivity index (χ0n) is 7.78. The lowest BCUT2D eigenvalue weighted by atomic mass is 10.1. The molecule has 14 heavy (non-hydrogen) atoms. The van der Waals surface area contributed by atoms with Crippen LogP contribution in [0.2, 0.25) is 0 Å². The topological polar surface area (TPSA) is 55.5 Å². The summed E-state index contributed by atoms with van der Waals surface area (Å²) in [7, 11) is 1.60. The minimum absolute atomic E-state index is 0.0443. The first-order valence-electron chi connectivity index (χ1n) is 4.22. The van der Waals surface area contributed by atoms with Crippen LogP contribution < -0.4 is 10.5 Å². The van der Waals surface area contributed by atoms with Crippen molar-refractivity contribution in [2.75, 3.05) is 12.8 Å². The normalized spacial score (nSPS) is 10.7. The van der Waals surface area contributed by atoms with E-state index in [-0.39, 0.29) is 6.61 Å². The van der Waals surface area contributed by atoms with Gasteiger partial charge in [0.2, 0.25) is 0 Å². The van der Waals surface area contributed by atoms with Crippen molar-refractivity contribution in [2.24, 2.45) is 0 Å². The van der Waals surface area contributed by atoms with Gasteiger partial charge in [0.25, 0.3) is 0 Å². The summed E-state index contributed by atoms with van der Waals surface area (Å²) in [4.78, 5) is 0. The Kier molecular flexibility index (Phi) is 2.31. The summed E-state index contributed by atoms with van der Waals surface area (Å²) in [5.74, 6) is 0. The number of ether oxygens (including phenoxy) is 1. The number of anilines is 1. The molecule has 0 amide bonds. The van der Waals surface area contributed by atoms with E-state index in [0.29, 0.717) is 5.69 Å². The first-order valence-corrected chi connectivity index (χ1v) is 5.04. The molecule has 74 valence electrons. The Morgan fingerprint density at radius 3 is 2.93 bits per heavy atom. The number of aliphatic hydroxyl groups is 1. The van der Waals surface area contributed by atoms with E-state index in [9.17, 15) is 5.11 Å². The molecule has 0 radical (unpaired) electrons. The number of hydrogen-bond acceptors (Lipinski definition) is 4. The minimum Gasteiger partial charge on any atom is -0.487 e. The quantitative estimate of drug-likeness (QED) is 0.744. The Bertz CT molecular complexity index is 464. The van der Waals surface area contributed by atoms with Crippen molar-refractivity contribution in [2.45, 2.75) is 6.61 Å². The SMILES string of the molecule is COc1sc2cccc(N)c2c1CO. The lowest BCUT2D eigenvalue weighted by Crippen LogP contribution is -1.90. The van der Waals surface area contributed by atoms with Crippen LogP contribution in [0.1, 0.15) is 5.56 Å². The van der Waals surface area contributed by atoms with Crippen LogP contribution in [0.25, 0.3) is 10.1 Å². The van der Waals surface area contributed by atoms with Crippen LogP contribution in [0, 0.1) is 0 Å². The van der Waals surface area contributed by atoms with Crippen LogP contribution in [0.4, 0.5) is 5.69 Å². The molecule has 0 unspecified atom stereocenters. The highest BCUT2D eigenvalue weighted by Gasteiger charge is 2.13. The summed E-state index contributed by atoms with van der Waals surface area (Å²) in [6, 6.07) is 5.69. The standard InChI is InChI=1S/C10H11NO2S/c1-13-10-6(5-12)9-7(11)3-2-4-8(9)14-10/h2-4,12H,5,11H2,1H3. The molecular weight excluding hydrogens is 198 g/mol. The molecule has 1 aromatic heterocycles. The van der Waals surface area contributed by atoms with E-state index >= 15 is 0 Å². The van der Waals surface area contributed by atoms with Gasteiger partial charge in [0.05, 0.1) is 13.7 Å². The van der Waals surface area contributed by atoms with Gasteiger partial charge in [-0.25, -0.2) is 0 Å². The van der Waals surface area contributed by atoms with Crippen molar-refractivity contribution in [3.8, 4) is 5.06 Å². The molecule has 2 aromatic rings. The van der Waals surface area contributed by atoms with Gasteiger partial charge in [0, 0.05) is 21.3 Å². The molecule has 4 heteroatoms. The molecule has 2 rings (SSSR count). The average Bonchev–Trinajstić information content (AvgIpc) is 2.56. The highest BCUT2D eigenvalue weighted by atomic mass is 32.1. The molecule has 1 heterocycles. The number of fused-ring (bicyclic) bond motifs is 1. The van der Waals surface area contributed by atoms with Gasteiger partial charge in [-0.05, 0) is 12.1 Å². The first-order chi connectivity index (χ1) is 6.77. The second-order valence-corrected chi connectivity index (χ2v) is 3.97. The number of nitrogen functional groups attached to an aromatic ring is 1. The number of thiophene rings is 1. The fraction of sp³-hybridized carbons (Fsp3) is 0.200. The maximum Gasteiger partial charge on any atom is 0.180 e. The molecule has 0 saturated heterocycles. The van der Waals surface area contributed by atoms with E-state index in [1.165, 1.54) is 11.3 Å². The van der Waals surface area contributed by atoms with Crippen LogP contribution in [0.3, 0.4) is 0 Å². The van der Waals surface area contributed by atoms with Gasteiger partial charge >= 0.3 is 0 Å². The summed E-state index contributed by atoms with van der Waals surface area (Å²) in [6.07, 6.45) is 0. The Labute approximate surface area is 85.7 Å². The molecule has 3 nitrogen and oxygen atoms in total. The maximum atomic E-state index is 9.23. The van der Waals surface area contributed by atoms with Gasteiger partial charge in [-0.15, -0.1) is 0 Å². The Morgan fingerprint density at radius 2 is 2.29 bits per heavy atom. The summed E-state index contributed by atoms with van der Waals surface area (Å²) >= 11 is 1.50. The molecule has 0 aliphatic carbocycles. The third kappa shape index (κ3) is 1.23. The second-order valence-electron chi connectivity index (χ2n) is 2.95. The van der Waals surface area contributed by atoms with E-state index in [1.807, 2.05) is 18.2 Å². The number of benzene rings is 1. The lowest BCUT2D eigenvalue weighted by Gasteiger charge is -2.00. The zero-order chi connectivity index (χ0) is 10.1. The van der Waals surface area contributed by atoms with Crippen molar-refractivity contribution in [3.63, 3.8) is 0 Å². The van der Waals surface area contributed by atoms with Crippen molar-refractivity contribution in [1.82, 2.24) is 0 Å². The number of rotatable bonds is 2. The molecule has 3 N–H and O–H groups in total. The van der Waals surface area contributed by atoms with E-state index in [4.69, 9.17) is 10.5 Å². The van der Waals surface area contributed by atoms with Crippen molar-refractivity contribution < 1.29 is 9.84 Å². The second kappa shape index (κ2) is 3.48. The monoisotopic (exact) mass is 209 g/mol. The van der Waals surface area contributed by atoms with Crippen molar-refractivity contribution >= 4 is 27.1 Å². The van der Waals surface area contributed by atoms with Crippen LogP contribution in [0.5, 0.6) is 5.06 Å². The smallest absolute Gasteiger partial charge is 0.180 e. The molecule has 0 bridgehead atoms. The highest BCUT2D eigenvalue weighted by Crippen LogP contribution is 2.40. The van der Waals surface area contributed by atoms with E-state index in [1.54, 1.807) is 7.11 Å². The van der Waals surface area contributed by atoms with Gasteiger partial charge in [-0.3, -0.25) is 0 Å². The summed E-state index contributed by atoms with van der Waals surface area (Å²) in [5.41, 5.74) is 7.31. The predicted molar refractivity (Wildman–Crippen MR) is 58.7 cm³/mol. The fourth-order valence-corrected chi connectivity index (χ4v) is 2.59. The molecular formula is C10H11NO2S. The molecule has 1 aromatic carbocycles. The number of hydrogen-bond donors (Lipinski definition) is 2. The maximum absolute atomic E-state index is 9.23. The molecule has 0 aliphatic rings. The zero-order valence-corrected chi connectivity index (χ0v) is 8.60. The predicted octanol–water partition coefficient (Wildman–Crippen LogP) is 1.98. The Hall–Kier alpha value is -1.26. The van der Waals surface area contributed by atoms with E-state index in [2.05, 4.69) is 0 Å². The summed E-state index contributed by atoms with van der Waals surface area (Å²) in [6.45, 7) is -0.0443.